The number of rotatable bonds is 5. The van der Waals surface area contributed by atoms with Crippen molar-refractivity contribution >= 4 is 6.29 Å². The third kappa shape index (κ3) is 3.12. The molecule has 3 rings (SSSR count). The van der Waals surface area contributed by atoms with E-state index in [0.29, 0.717) is 18.1 Å². The maximum Gasteiger partial charge on any atom is 0.153 e. The molecule has 0 radical (unpaired) electrons. The summed E-state index contributed by atoms with van der Waals surface area (Å²) >= 11 is 0. The van der Waals surface area contributed by atoms with E-state index >= 15 is 0 Å². The minimum atomic E-state index is -0.449. The molecule has 1 fully saturated rings. The molecule has 0 N–H and O–H groups in total. The number of nitrogens with zero attached hydrogens (tertiary/aromatic N) is 2. The van der Waals surface area contributed by atoms with Gasteiger partial charge in [0.2, 0.25) is 0 Å². The Kier molecular flexibility index (Phi) is 3.99. The average molecular weight is 288 g/mol. The molecular weight excluding hydrogens is 271 g/mol. The van der Waals surface area contributed by atoms with Crippen molar-refractivity contribution in [3.05, 3.63) is 47.5 Å². The summed E-state index contributed by atoms with van der Waals surface area (Å²) in [6, 6.07) is 6.32. The highest BCUT2D eigenvalue weighted by atomic mass is 19.1. The largest absolute Gasteiger partial charge is 0.486 e. The fourth-order valence-electron chi connectivity index (χ4n) is 2.72. The summed E-state index contributed by atoms with van der Waals surface area (Å²) in [4.78, 5) is 10.9. The first-order chi connectivity index (χ1) is 10.3. The van der Waals surface area contributed by atoms with Gasteiger partial charge in [-0.25, -0.2) is 4.39 Å². The summed E-state index contributed by atoms with van der Waals surface area (Å²) in [5, 5.41) is 4.51. The van der Waals surface area contributed by atoms with Gasteiger partial charge in [-0.1, -0.05) is 12.8 Å². The van der Waals surface area contributed by atoms with Gasteiger partial charge in [-0.2, -0.15) is 5.10 Å². The number of ether oxygens (including phenoxy) is 1. The zero-order chi connectivity index (χ0) is 14.7. The number of aldehydes is 1. The van der Waals surface area contributed by atoms with Crippen LogP contribution >= 0.6 is 0 Å². The Labute approximate surface area is 122 Å². The molecule has 1 saturated carbocycles. The molecule has 0 aliphatic heterocycles. The van der Waals surface area contributed by atoms with Crippen molar-refractivity contribution in [1.29, 1.82) is 0 Å². The minimum absolute atomic E-state index is 0.213. The third-order valence-electron chi connectivity index (χ3n) is 3.84. The number of benzene rings is 1. The fraction of sp³-hybridized carbons (Fsp3) is 0.375. The van der Waals surface area contributed by atoms with Gasteiger partial charge in [-0.15, -0.1) is 0 Å². The number of carbonyl (C=O) groups excluding carboxylic acids is 1. The highest BCUT2D eigenvalue weighted by Crippen LogP contribution is 2.28. The molecule has 0 saturated heterocycles. The lowest BCUT2D eigenvalue weighted by Gasteiger charge is -2.09. The number of hydrogen-bond acceptors (Lipinski definition) is 3. The zero-order valence-corrected chi connectivity index (χ0v) is 11.7. The number of halogens is 1. The first kappa shape index (κ1) is 13.8. The van der Waals surface area contributed by atoms with Crippen molar-refractivity contribution in [3.8, 4) is 5.75 Å². The lowest BCUT2D eigenvalue weighted by molar-refractivity contribution is 0.111. The van der Waals surface area contributed by atoms with Crippen LogP contribution in [0.4, 0.5) is 4.39 Å². The average Bonchev–Trinajstić information content (AvgIpc) is 3.16. The van der Waals surface area contributed by atoms with E-state index in [4.69, 9.17) is 4.74 Å². The van der Waals surface area contributed by atoms with Crippen LogP contribution in [0.15, 0.2) is 30.5 Å². The molecule has 110 valence electrons. The molecule has 0 spiro atoms. The van der Waals surface area contributed by atoms with E-state index in [0.717, 1.165) is 5.69 Å². The Morgan fingerprint density at radius 1 is 1.33 bits per heavy atom. The van der Waals surface area contributed by atoms with Gasteiger partial charge in [0, 0.05) is 6.20 Å². The molecule has 5 heteroatoms. The van der Waals surface area contributed by atoms with Gasteiger partial charge in [0.25, 0.3) is 0 Å². The van der Waals surface area contributed by atoms with Crippen LogP contribution in [-0.4, -0.2) is 16.1 Å². The van der Waals surface area contributed by atoms with Gasteiger partial charge >= 0.3 is 0 Å². The molecule has 1 aliphatic carbocycles. The van der Waals surface area contributed by atoms with Gasteiger partial charge in [0.15, 0.2) is 6.29 Å². The summed E-state index contributed by atoms with van der Waals surface area (Å²) in [6.07, 6.45) is 7.43. The summed E-state index contributed by atoms with van der Waals surface area (Å²) < 4.78 is 20.6. The first-order valence-electron chi connectivity index (χ1n) is 7.18. The van der Waals surface area contributed by atoms with Crippen LogP contribution < -0.4 is 4.74 Å². The standard InChI is InChI=1S/C16H17FN2O2/c17-13-5-6-16(12(9-13)10-20)21-11-14-7-8-19(18-14)15-3-1-2-4-15/h5-10,15H,1-4,11H2. The Morgan fingerprint density at radius 2 is 2.14 bits per heavy atom. The van der Waals surface area contributed by atoms with E-state index < -0.39 is 5.82 Å². The molecule has 0 amide bonds. The van der Waals surface area contributed by atoms with Crippen molar-refractivity contribution in [1.82, 2.24) is 9.78 Å². The summed E-state index contributed by atoms with van der Waals surface area (Å²) in [5.74, 6) is -0.0724. The summed E-state index contributed by atoms with van der Waals surface area (Å²) in [5.41, 5.74) is 1.02. The normalized spacial score (nSPS) is 15.3. The van der Waals surface area contributed by atoms with Crippen molar-refractivity contribution in [3.63, 3.8) is 0 Å². The number of hydrogen-bond donors (Lipinski definition) is 0. The minimum Gasteiger partial charge on any atom is -0.486 e. The van der Waals surface area contributed by atoms with Gasteiger partial charge < -0.3 is 4.74 Å². The van der Waals surface area contributed by atoms with Gasteiger partial charge in [-0.05, 0) is 37.1 Å². The molecule has 1 aliphatic rings. The molecule has 21 heavy (non-hydrogen) atoms. The molecule has 0 atom stereocenters. The molecule has 1 aromatic carbocycles. The Morgan fingerprint density at radius 3 is 2.90 bits per heavy atom. The van der Waals surface area contributed by atoms with Crippen LogP contribution in [0, 0.1) is 5.82 Å². The topological polar surface area (TPSA) is 44.1 Å². The second-order valence-corrected chi connectivity index (χ2v) is 5.31. The predicted octanol–water partition coefficient (Wildman–Crippen LogP) is 3.53. The smallest absolute Gasteiger partial charge is 0.153 e. The third-order valence-corrected chi connectivity index (χ3v) is 3.84. The van der Waals surface area contributed by atoms with Crippen molar-refractivity contribution in [2.45, 2.75) is 38.3 Å². The van der Waals surface area contributed by atoms with Crippen LogP contribution in [0.2, 0.25) is 0 Å². The Bertz CT molecular complexity index is 633. The van der Waals surface area contributed by atoms with Gasteiger partial charge in [0.1, 0.15) is 18.2 Å². The number of aromatic nitrogens is 2. The van der Waals surface area contributed by atoms with Crippen molar-refractivity contribution in [2.75, 3.05) is 0 Å². The van der Waals surface area contributed by atoms with Crippen LogP contribution in [0.1, 0.15) is 47.8 Å². The molecule has 4 nitrogen and oxygen atoms in total. The lowest BCUT2D eigenvalue weighted by Crippen LogP contribution is -2.06. The van der Waals surface area contributed by atoms with E-state index in [1.165, 1.54) is 43.9 Å². The second kappa shape index (κ2) is 6.08. The van der Waals surface area contributed by atoms with Gasteiger partial charge in [-0.3, -0.25) is 9.48 Å². The van der Waals surface area contributed by atoms with Crippen molar-refractivity contribution in [2.24, 2.45) is 0 Å². The maximum atomic E-state index is 13.0. The molecule has 1 heterocycles. The summed E-state index contributed by atoms with van der Waals surface area (Å²) in [6.45, 7) is 0.270. The summed E-state index contributed by atoms with van der Waals surface area (Å²) in [7, 11) is 0. The molecule has 0 unspecified atom stereocenters. The highest BCUT2D eigenvalue weighted by Gasteiger charge is 2.17. The molecule has 0 bridgehead atoms. The van der Waals surface area contributed by atoms with E-state index in [9.17, 15) is 9.18 Å². The molecular formula is C16H17FN2O2. The quantitative estimate of drug-likeness (QED) is 0.791. The monoisotopic (exact) mass is 288 g/mol. The van der Waals surface area contributed by atoms with E-state index in [2.05, 4.69) is 5.10 Å². The SMILES string of the molecule is O=Cc1cc(F)ccc1OCc1ccn(C2CCCC2)n1. The Hall–Kier alpha value is -2.17. The van der Waals surface area contributed by atoms with E-state index in [1.807, 2.05) is 16.9 Å². The van der Waals surface area contributed by atoms with E-state index in [-0.39, 0.29) is 12.2 Å². The van der Waals surface area contributed by atoms with Crippen LogP contribution in [0.25, 0.3) is 0 Å². The predicted molar refractivity (Wildman–Crippen MR) is 75.9 cm³/mol. The number of carbonyl (C=O) groups is 1. The van der Waals surface area contributed by atoms with Gasteiger partial charge in [0.05, 0.1) is 17.3 Å². The molecule has 1 aromatic heterocycles. The second-order valence-electron chi connectivity index (χ2n) is 5.31. The molecule has 2 aromatic rings. The van der Waals surface area contributed by atoms with Crippen LogP contribution in [-0.2, 0) is 6.61 Å². The first-order valence-corrected chi connectivity index (χ1v) is 7.18. The van der Waals surface area contributed by atoms with Crippen LogP contribution in [0.5, 0.6) is 5.75 Å². The zero-order valence-electron chi connectivity index (χ0n) is 11.7. The lowest BCUT2D eigenvalue weighted by atomic mass is 10.2. The van der Waals surface area contributed by atoms with E-state index in [1.54, 1.807) is 0 Å². The van der Waals surface area contributed by atoms with Crippen LogP contribution in [0.3, 0.4) is 0 Å². The highest BCUT2D eigenvalue weighted by molar-refractivity contribution is 5.79. The van der Waals surface area contributed by atoms with Crippen molar-refractivity contribution < 1.29 is 13.9 Å². The Balaban J connectivity index is 1.66. The fourth-order valence-corrected chi connectivity index (χ4v) is 2.72. The maximum absolute atomic E-state index is 13.0.